The number of hydrogen-bond acceptors (Lipinski definition) is 2. The van der Waals surface area contributed by atoms with Crippen molar-refractivity contribution in [2.24, 2.45) is 5.73 Å². The van der Waals surface area contributed by atoms with E-state index in [4.69, 9.17) is 5.73 Å². The van der Waals surface area contributed by atoms with Gasteiger partial charge < -0.3 is 5.73 Å². The van der Waals surface area contributed by atoms with E-state index in [1.54, 1.807) is 0 Å². The van der Waals surface area contributed by atoms with E-state index in [-0.39, 0.29) is 0 Å². The highest BCUT2D eigenvalue weighted by atomic mass is 15.2. The molecule has 0 saturated carbocycles. The Hall–Kier alpha value is -0.0800. The second-order valence-corrected chi connectivity index (χ2v) is 7.14. The zero-order chi connectivity index (χ0) is 15.3. The first kappa shape index (κ1) is 19.0. The number of hydrogen-bond donors (Lipinski definition) is 1. The fraction of sp³-hybridized carbons (Fsp3) is 1.00. The molecule has 0 aromatic rings. The lowest BCUT2D eigenvalue weighted by Gasteiger charge is -2.38. The molecular formula is C19H40N2. The maximum Gasteiger partial charge on any atom is 0.0244 e. The SMILES string of the molecule is CCCCCCCCCCCCN1CCCCC1C(C)N. The van der Waals surface area contributed by atoms with Crippen LogP contribution in [0.4, 0.5) is 0 Å². The molecule has 0 aliphatic carbocycles. The van der Waals surface area contributed by atoms with Crippen LogP contribution in [0.15, 0.2) is 0 Å². The van der Waals surface area contributed by atoms with Crippen LogP contribution in [0.1, 0.15) is 97.3 Å². The van der Waals surface area contributed by atoms with Crippen LogP contribution in [0.2, 0.25) is 0 Å². The lowest BCUT2D eigenvalue weighted by Crippen LogP contribution is -2.49. The molecular weight excluding hydrogens is 256 g/mol. The third kappa shape index (κ3) is 8.83. The van der Waals surface area contributed by atoms with Crippen molar-refractivity contribution in [2.45, 2.75) is 109 Å². The number of nitrogens with zero attached hydrogens (tertiary/aromatic N) is 1. The highest BCUT2D eigenvalue weighted by Gasteiger charge is 2.24. The van der Waals surface area contributed by atoms with Gasteiger partial charge in [-0.2, -0.15) is 0 Å². The molecule has 0 radical (unpaired) electrons. The van der Waals surface area contributed by atoms with E-state index in [1.807, 2.05) is 0 Å². The largest absolute Gasteiger partial charge is 0.327 e. The van der Waals surface area contributed by atoms with E-state index in [2.05, 4.69) is 18.7 Å². The summed E-state index contributed by atoms with van der Waals surface area (Å²) in [7, 11) is 0. The molecule has 1 rings (SSSR count). The van der Waals surface area contributed by atoms with Gasteiger partial charge in [-0.3, -0.25) is 4.90 Å². The van der Waals surface area contributed by atoms with Gasteiger partial charge in [0.05, 0.1) is 0 Å². The number of rotatable bonds is 12. The van der Waals surface area contributed by atoms with Crippen molar-refractivity contribution in [3.63, 3.8) is 0 Å². The highest BCUT2D eigenvalue weighted by Crippen LogP contribution is 2.20. The summed E-state index contributed by atoms with van der Waals surface area (Å²) in [5.41, 5.74) is 6.14. The standard InChI is InChI=1S/C19H40N2/c1-3-4-5-6-7-8-9-10-11-13-16-21-17-14-12-15-19(21)18(2)20/h18-19H,3-17,20H2,1-2H3. The average Bonchev–Trinajstić information content (AvgIpc) is 2.49. The van der Waals surface area contributed by atoms with Crippen molar-refractivity contribution in [1.29, 1.82) is 0 Å². The lowest BCUT2D eigenvalue weighted by atomic mass is 9.96. The fourth-order valence-corrected chi connectivity index (χ4v) is 3.69. The Bertz CT molecular complexity index is 228. The van der Waals surface area contributed by atoms with E-state index in [1.165, 1.54) is 96.6 Å². The normalized spacial score (nSPS) is 21.6. The summed E-state index contributed by atoms with van der Waals surface area (Å²) in [6.07, 6.45) is 18.3. The van der Waals surface area contributed by atoms with Gasteiger partial charge >= 0.3 is 0 Å². The minimum absolute atomic E-state index is 0.341. The van der Waals surface area contributed by atoms with Crippen LogP contribution in [0.25, 0.3) is 0 Å². The molecule has 0 amide bonds. The number of likely N-dealkylation sites (tertiary alicyclic amines) is 1. The highest BCUT2D eigenvalue weighted by molar-refractivity contribution is 4.82. The summed E-state index contributed by atoms with van der Waals surface area (Å²) in [6, 6.07) is 0.991. The Morgan fingerprint density at radius 2 is 1.48 bits per heavy atom. The summed E-state index contributed by atoms with van der Waals surface area (Å²) < 4.78 is 0. The molecule has 0 bridgehead atoms. The zero-order valence-corrected chi connectivity index (χ0v) is 14.8. The van der Waals surface area contributed by atoms with Crippen molar-refractivity contribution >= 4 is 0 Å². The van der Waals surface area contributed by atoms with E-state index in [0.29, 0.717) is 12.1 Å². The minimum atomic E-state index is 0.341. The molecule has 21 heavy (non-hydrogen) atoms. The van der Waals surface area contributed by atoms with Gasteiger partial charge in [-0.05, 0) is 39.3 Å². The van der Waals surface area contributed by atoms with E-state index < -0.39 is 0 Å². The average molecular weight is 297 g/mol. The second kappa shape index (κ2) is 12.5. The summed E-state index contributed by atoms with van der Waals surface area (Å²) in [5.74, 6) is 0. The van der Waals surface area contributed by atoms with Crippen molar-refractivity contribution in [3.8, 4) is 0 Å². The van der Waals surface area contributed by atoms with Gasteiger partial charge in [-0.15, -0.1) is 0 Å². The summed E-state index contributed by atoms with van der Waals surface area (Å²) in [5, 5.41) is 0. The van der Waals surface area contributed by atoms with Gasteiger partial charge in [0.25, 0.3) is 0 Å². The zero-order valence-electron chi connectivity index (χ0n) is 14.8. The number of unbranched alkanes of at least 4 members (excludes halogenated alkanes) is 9. The molecule has 1 aliphatic rings. The Labute approximate surface area is 133 Å². The molecule has 2 heteroatoms. The maximum absolute atomic E-state index is 6.14. The Morgan fingerprint density at radius 3 is 2.05 bits per heavy atom. The Morgan fingerprint density at radius 1 is 0.905 bits per heavy atom. The Balaban J connectivity index is 1.93. The van der Waals surface area contributed by atoms with Gasteiger partial charge in [0.1, 0.15) is 0 Å². The van der Waals surface area contributed by atoms with Crippen LogP contribution >= 0.6 is 0 Å². The molecule has 126 valence electrons. The smallest absolute Gasteiger partial charge is 0.0244 e. The summed E-state index contributed by atoms with van der Waals surface area (Å²) >= 11 is 0. The van der Waals surface area contributed by atoms with Crippen molar-refractivity contribution in [3.05, 3.63) is 0 Å². The second-order valence-electron chi connectivity index (χ2n) is 7.14. The van der Waals surface area contributed by atoms with Crippen LogP contribution < -0.4 is 5.73 Å². The maximum atomic E-state index is 6.14. The van der Waals surface area contributed by atoms with E-state index in [0.717, 1.165) is 0 Å². The van der Waals surface area contributed by atoms with Crippen molar-refractivity contribution < 1.29 is 0 Å². The summed E-state index contributed by atoms with van der Waals surface area (Å²) in [4.78, 5) is 2.67. The molecule has 2 unspecified atom stereocenters. The molecule has 2 nitrogen and oxygen atoms in total. The van der Waals surface area contributed by atoms with Crippen LogP contribution in [0, 0.1) is 0 Å². The lowest BCUT2D eigenvalue weighted by molar-refractivity contribution is 0.128. The molecule has 1 saturated heterocycles. The van der Waals surface area contributed by atoms with Crippen LogP contribution in [-0.4, -0.2) is 30.1 Å². The number of piperidine rings is 1. The first-order valence-corrected chi connectivity index (χ1v) is 9.75. The van der Waals surface area contributed by atoms with Crippen LogP contribution in [0.3, 0.4) is 0 Å². The molecule has 1 aliphatic heterocycles. The predicted molar refractivity (Wildman–Crippen MR) is 94.7 cm³/mol. The molecule has 1 fully saturated rings. The molecule has 0 spiro atoms. The quantitative estimate of drug-likeness (QED) is 0.507. The van der Waals surface area contributed by atoms with Gasteiger partial charge in [-0.25, -0.2) is 0 Å². The summed E-state index contributed by atoms with van der Waals surface area (Å²) in [6.45, 7) is 7.03. The first-order chi connectivity index (χ1) is 10.3. The molecule has 2 N–H and O–H groups in total. The van der Waals surface area contributed by atoms with Gasteiger partial charge in [0, 0.05) is 12.1 Å². The Kier molecular flexibility index (Phi) is 11.3. The van der Waals surface area contributed by atoms with Crippen LogP contribution in [0.5, 0.6) is 0 Å². The third-order valence-corrected chi connectivity index (χ3v) is 5.07. The third-order valence-electron chi connectivity index (χ3n) is 5.07. The number of nitrogens with two attached hydrogens (primary N) is 1. The molecule has 2 atom stereocenters. The van der Waals surface area contributed by atoms with Gasteiger partial charge in [-0.1, -0.05) is 71.1 Å². The van der Waals surface area contributed by atoms with E-state index >= 15 is 0 Å². The van der Waals surface area contributed by atoms with Crippen molar-refractivity contribution in [1.82, 2.24) is 4.90 Å². The topological polar surface area (TPSA) is 29.3 Å². The monoisotopic (exact) mass is 296 g/mol. The van der Waals surface area contributed by atoms with Gasteiger partial charge in [0.15, 0.2) is 0 Å². The molecule has 0 aromatic heterocycles. The van der Waals surface area contributed by atoms with Crippen molar-refractivity contribution in [2.75, 3.05) is 13.1 Å². The van der Waals surface area contributed by atoms with Crippen LogP contribution in [-0.2, 0) is 0 Å². The van der Waals surface area contributed by atoms with E-state index in [9.17, 15) is 0 Å². The first-order valence-electron chi connectivity index (χ1n) is 9.75. The van der Waals surface area contributed by atoms with Gasteiger partial charge in [0.2, 0.25) is 0 Å². The predicted octanol–water partition coefficient (Wildman–Crippen LogP) is 5.11. The fourth-order valence-electron chi connectivity index (χ4n) is 3.69. The molecule has 1 heterocycles. The molecule has 0 aromatic carbocycles. The minimum Gasteiger partial charge on any atom is -0.327 e.